The Bertz CT molecular complexity index is 934. The Balaban J connectivity index is 2.23. The molecule has 1 aromatic carbocycles. The average Bonchev–Trinajstić information content (AvgIpc) is 3.15. The summed E-state index contributed by atoms with van der Waals surface area (Å²) < 4.78 is 5.36. The van der Waals surface area contributed by atoms with Crippen LogP contribution in [0.15, 0.2) is 34.6 Å². The number of benzene rings is 1. The van der Waals surface area contributed by atoms with Gasteiger partial charge in [-0.15, -0.1) is 11.3 Å². The van der Waals surface area contributed by atoms with Crippen LogP contribution in [-0.2, 0) is 0 Å². The summed E-state index contributed by atoms with van der Waals surface area (Å²) in [5.41, 5.74) is 1.96. The Hall–Kier alpha value is -2.97. The van der Waals surface area contributed by atoms with Crippen molar-refractivity contribution in [3.8, 4) is 5.75 Å². The zero-order chi connectivity index (χ0) is 21.9. The molecule has 0 fully saturated rings. The number of hydrogen-bond acceptors (Lipinski definition) is 6. The van der Waals surface area contributed by atoms with Crippen LogP contribution in [0.2, 0.25) is 0 Å². The second-order valence-corrected chi connectivity index (χ2v) is 7.17. The number of anilines is 1. The van der Waals surface area contributed by atoms with Gasteiger partial charge in [0.15, 0.2) is 0 Å². The van der Waals surface area contributed by atoms with Crippen molar-refractivity contribution in [1.29, 1.82) is 0 Å². The fourth-order valence-electron chi connectivity index (χ4n) is 2.64. The quantitative estimate of drug-likeness (QED) is 0.388. The molecule has 0 atom stereocenters. The highest BCUT2D eigenvalue weighted by atomic mass is 32.1. The van der Waals surface area contributed by atoms with E-state index in [0.29, 0.717) is 41.2 Å². The van der Waals surface area contributed by atoms with Gasteiger partial charge >= 0.3 is 0 Å². The van der Waals surface area contributed by atoms with Crippen LogP contribution in [0.1, 0.15) is 52.3 Å². The first kappa shape index (κ1) is 23.3. The molecule has 1 aromatic heterocycles. The van der Waals surface area contributed by atoms with E-state index in [1.807, 2.05) is 19.1 Å². The SMILES string of the molecule is CC=Nc1c(C(=O)Nc2ccc(C(=O)NCCCO)cc2OC)csc1/C=C/CC. The Morgan fingerprint density at radius 3 is 2.77 bits per heavy atom. The molecule has 1 heterocycles. The van der Waals surface area contributed by atoms with Gasteiger partial charge in [0.2, 0.25) is 0 Å². The highest BCUT2D eigenvalue weighted by Crippen LogP contribution is 2.34. The Morgan fingerprint density at radius 2 is 2.10 bits per heavy atom. The average molecular weight is 430 g/mol. The molecule has 0 saturated heterocycles. The number of rotatable bonds is 10. The molecular weight excluding hydrogens is 402 g/mol. The summed E-state index contributed by atoms with van der Waals surface area (Å²) in [5, 5.41) is 16.2. The fraction of sp³-hybridized carbons (Fsp3) is 0.318. The number of amides is 2. The molecule has 160 valence electrons. The molecule has 0 spiro atoms. The summed E-state index contributed by atoms with van der Waals surface area (Å²) in [6.45, 7) is 4.24. The predicted molar refractivity (Wildman–Crippen MR) is 122 cm³/mol. The third-order valence-electron chi connectivity index (χ3n) is 4.13. The molecule has 7 nitrogen and oxygen atoms in total. The lowest BCUT2D eigenvalue weighted by molar-refractivity contribution is 0.0950. The van der Waals surface area contributed by atoms with E-state index in [2.05, 4.69) is 15.6 Å². The van der Waals surface area contributed by atoms with E-state index in [1.165, 1.54) is 18.4 Å². The van der Waals surface area contributed by atoms with Crippen LogP contribution in [0.25, 0.3) is 6.08 Å². The van der Waals surface area contributed by atoms with Gasteiger partial charge in [0, 0.05) is 30.3 Å². The summed E-state index contributed by atoms with van der Waals surface area (Å²) in [6, 6.07) is 4.81. The van der Waals surface area contributed by atoms with Crippen molar-refractivity contribution in [3.63, 3.8) is 0 Å². The molecule has 2 rings (SSSR count). The van der Waals surface area contributed by atoms with E-state index in [4.69, 9.17) is 9.84 Å². The second-order valence-electron chi connectivity index (χ2n) is 6.26. The van der Waals surface area contributed by atoms with Gasteiger partial charge in [-0.2, -0.15) is 0 Å². The topological polar surface area (TPSA) is 100 Å². The second kappa shape index (κ2) is 11.9. The number of aliphatic hydroxyl groups is 1. The number of carbonyl (C=O) groups is 2. The van der Waals surface area contributed by atoms with Gasteiger partial charge in [0.05, 0.1) is 28.9 Å². The molecule has 0 bridgehead atoms. The molecule has 2 aromatic rings. The first-order chi connectivity index (χ1) is 14.5. The lowest BCUT2D eigenvalue weighted by Gasteiger charge is -2.12. The number of carbonyl (C=O) groups excluding carboxylic acids is 2. The van der Waals surface area contributed by atoms with Crippen LogP contribution < -0.4 is 15.4 Å². The summed E-state index contributed by atoms with van der Waals surface area (Å²) in [6.07, 6.45) is 7.03. The van der Waals surface area contributed by atoms with E-state index >= 15 is 0 Å². The first-order valence-corrected chi connectivity index (χ1v) is 10.6. The Labute approximate surface area is 180 Å². The number of aliphatic imine (C=N–C) groups is 1. The lowest BCUT2D eigenvalue weighted by Crippen LogP contribution is -2.25. The van der Waals surface area contributed by atoms with Crippen LogP contribution in [0.3, 0.4) is 0 Å². The smallest absolute Gasteiger partial charge is 0.258 e. The Kier molecular flexibility index (Phi) is 9.24. The molecular formula is C22H27N3O4S. The lowest BCUT2D eigenvalue weighted by atomic mass is 10.1. The number of thiophene rings is 1. The molecule has 3 N–H and O–H groups in total. The van der Waals surface area contributed by atoms with Gasteiger partial charge < -0.3 is 20.5 Å². The Morgan fingerprint density at radius 1 is 1.30 bits per heavy atom. The van der Waals surface area contributed by atoms with Crippen LogP contribution in [0.5, 0.6) is 5.75 Å². The maximum Gasteiger partial charge on any atom is 0.258 e. The minimum absolute atomic E-state index is 0.0111. The number of hydrogen-bond donors (Lipinski definition) is 3. The van der Waals surface area contributed by atoms with E-state index in [0.717, 1.165) is 11.3 Å². The monoisotopic (exact) mass is 429 g/mol. The third-order valence-corrected chi connectivity index (χ3v) is 5.07. The molecule has 8 heteroatoms. The highest BCUT2D eigenvalue weighted by molar-refractivity contribution is 7.11. The number of allylic oxidation sites excluding steroid dienone is 1. The molecule has 0 aliphatic heterocycles. The van der Waals surface area contributed by atoms with Crippen LogP contribution >= 0.6 is 11.3 Å². The number of nitrogens with zero attached hydrogens (tertiary/aromatic N) is 1. The van der Waals surface area contributed by atoms with Crippen molar-refractivity contribution in [2.75, 3.05) is 25.6 Å². The molecule has 0 aliphatic rings. The molecule has 0 aliphatic carbocycles. The number of methoxy groups -OCH3 is 1. The van der Waals surface area contributed by atoms with E-state index in [1.54, 1.807) is 36.7 Å². The van der Waals surface area contributed by atoms with Gasteiger partial charge in [-0.1, -0.05) is 13.0 Å². The van der Waals surface area contributed by atoms with Crippen molar-refractivity contribution in [3.05, 3.63) is 45.7 Å². The molecule has 30 heavy (non-hydrogen) atoms. The van der Waals surface area contributed by atoms with Gasteiger partial charge in [0.25, 0.3) is 11.8 Å². The van der Waals surface area contributed by atoms with Gasteiger partial charge in [-0.05, 0) is 44.0 Å². The number of nitrogens with one attached hydrogen (secondary N) is 2. The summed E-state index contributed by atoms with van der Waals surface area (Å²) in [5.74, 6) is -0.203. The maximum absolute atomic E-state index is 12.9. The standard InChI is InChI=1S/C22H27N3O4S/c1-4-6-8-19-20(23-5-2)16(14-30-19)22(28)25-17-10-9-15(13-18(17)29-3)21(27)24-11-7-12-26/h5-6,8-10,13-14,26H,4,7,11-12H2,1-3H3,(H,24,27)(H,25,28)/b8-6+,23-5?. The van der Waals surface area contributed by atoms with Crippen molar-refractivity contribution in [1.82, 2.24) is 5.32 Å². The van der Waals surface area contributed by atoms with Crippen molar-refractivity contribution >= 4 is 46.8 Å². The maximum atomic E-state index is 12.9. The van der Waals surface area contributed by atoms with Crippen molar-refractivity contribution < 1.29 is 19.4 Å². The molecule has 0 saturated carbocycles. The normalized spacial score (nSPS) is 11.2. The zero-order valence-electron chi connectivity index (χ0n) is 17.4. The molecule has 2 amide bonds. The largest absolute Gasteiger partial charge is 0.495 e. The predicted octanol–water partition coefficient (Wildman–Crippen LogP) is 4.27. The minimum Gasteiger partial charge on any atom is -0.495 e. The van der Waals surface area contributed by atoms with E-state index in [-0.39, 0.29) is 18.4 Å². The van der Waals surface area contributed by atoms with Crippen LogP contribution in [0, 0.1) is 0 Å². The van der Waals surface area contributed by atoms with Gasteiger partial charge in [-0.3, -0.25) is 14.6 Å². The zero-order valence-corrected chi connectivity index (χ0v) is 18.2. The summed E-state index contributed by atoms with van der Waals surface area (Å²) >= 11 is 1.46. The van der Waals surface area contributed by atoms with E-state index in [9.17, 15) is 9.59 Å². The summed E-state index contributed by atoms with van der Waals surface area (Å²) in [4.78, 5) is 30.4. The number of ether oxygens (including phenoxy) is 1. The van der Waals surface area contributed by atoms with Crippen molar-refractivity contribution in [2.45, 2.75) is 26.7 Å². The first-order valence-electron chi connectivity index (χ1n) is 9.70. The van der Waals surface area contributed by atoms with Crippen molar-refractivity contribution in [2.24, 2.45) is 4.99 Å². The fourth-order valence-corrected chi connectivity index (χ4v) is 3.55. The summed E-state index contributed by atoms with van der Waals surface area (Å²) in [7, 11) is 1.48. The van der Waals surface area contributed by atoms with E-state index < -0.39 is 0 Å². The number of aliphatic hydroxyl groups excluding tert-OH is 1. The molecule has 0 radical (unpaired) electrons. The third kappa shape index (κ3) is 6.01. The van der Waals surface area contributed by atoms with Gasteiger partial charge in [0.1, 0.15) is 5.75 Å². The van der Waals surface area contributed by atoms with Gasteiger partial charge in [-0.25, -0.2) is 0 Å². The van der Waals surface area contributed by atoms with Crippen LogP contribution in [0.4, 0.5) is 11.4 Å². The highest BCUT2D eigenvalue weighted by Gasteiger charge is 2.18. The van der Waals surface area contributed by atoms with Crippen LogP contribution in [-0.4, -0.2) is 43.4 Å². The molecule has 0 unspecified atom stereocenters. The minimum atomic E-state index is -0.304.